The molecule has 0 unspecified atom stereocenters. The van der Waals surface area contributed by atoms with Crippen LogP contribution in [0.2, 0.25) is 0 Å². The van der Waals surface area contributed by atoms with Crippen LogP contribution in [0.4, 0.5) is 5.69 Å². The number of ether oxygens (including phenoxy) is 2. The van der Waals surface area contributed by atoms with Gasteiger partial charge in [0.25, 0.3) is 10.0 Å². The van der Waals surface area contributed by atoms with E-state index in [9.17, 15) is 13.2 Å². The zero-order valence-electron chi connectivity index (χ0n) is 20.0. The van der Waals surface area contributed by atoms with Gasteiger partial charge in [0.1, 0.15) is 18.0 Å². The van der Waals surface area contributed by atoms with Crippen LogP contribution in [0.25, 0.3) is 0 Å². The smallest absolute Gasteiger partial charge is 0.264 e. The lowest BCUT2D eigenvalue weighted by atomic mass is 10.0. The van der Waals surface area contributed by atoms with Crippen LogP contribution in [0.5, 0.6) is 11.5 Å². The number of sulfonamides is 1. The van der Waals surface area contributed by atoms with Gasteiger partial charge in [-0.05, 0) is 56.2 Å². The molecule has 0 fully saturated rings. The third-order valence-electron chi connectivity index (χ3n) is 5.54. The molecule has 3 aromatic rings. The van der Waals surface area contributed by atoms with Crippen LogP contribution < -0.4 is 19.1 Å². The molecule has 180 valence electrons. The number of nitrogens with one attached hydrogen (secondary N) is 1. The predicted molar refractivity (Wildman–Crippen MR) is 133 cm³/mol. The van der Waals surface area contributed by atoms with E-state index < -0.39 is 22.5 Å². The minimum absolute atomic E-state index is 0.0649. The Morgan fingerprint density at radius 3 is 2.29 bits per heavy atom. The SMILES string of the molecule is COc1ccc(OC)c(N(CC(=O)N[C@H](C)c2ccc(C)cc2C)S(=O)(=O)c2ccccc2)c1. The van der Waals surface area contributed by atoms with Crippen LogP contribution in [-0.4, -0.2) is 35.1 Å². The van der Waals surface area contributed by atoms with Crippen LogP contribution in [0.1, 0.15) is 29.7 Å². The quantitative estimate of drug-likeness (QED) is 0.489. The van der Waals surface area contributed by atoms with E-state index >= 15 is 0 Å². The molecule has 0 saturated heterocycles. The van der Waals surface area contributed by atoms with Crippen molar-refractivity contribution in [2.45, 2.75) is 31.7 Å². The van der Waals surface area contributed by atoms with Gasteiger partial charge in [-0.25, -0.2) is 8.42 Å². The lowest BCUT2D eigenvalue weighted by molar-refractivity contribution is -0.120. The van der Waals surface area contributed by atoms with E-state index in [0.717, 1.165) is 21.0 Å². The molecular formula is C26H30N2O5S. The Balaban J connectivity index is 1.99. The van der Waals surface area contributed by atoms with Gasteiger partial charge >= 0.3 is 0 Å². The highest BCUT2D eigenvalue weighted by Gasteiger charge is 2.30. The summed E-state index contributed by atoms with van der Waals surface area (Å²) >= 11 is 0. The molecule has 1 atom stereocenters. The highest BCUT2D eigenvalue weighted by Crippen LogP contribution is 2.35. The average molecular weight is 483 g/mol. The van der Waals surface area contributed by atoms with Gasteiger partial charge < -0.3 is 14.8 Å². The number of anilines is 1. The van der Waals surface area contributed by atoms with Gasteiger partial charge in [0.2, 0.25) is 5.91 Å². The normalized spacial score (nSPS) is 12.0. The van der Waals surface area contributed by atoms with Gasteiger partial charge in [-0.1, -0.05) is 42.0 Å². The maximum Gasteiger partial charge on any atom is 0.264 e. The number of rotatable bonds is 9. The van der Waals surface area contributed by atoms with Crippen molar-refractivity contribution in [1.29, 1.82) is 0 Å². The Morgan fingerprint density at radius 1 is 0.971 bits per heavy atom. The number of carbonyl (C=O) groups excluding carboxylic acids is 1. The number of nitrogens with zero attached hydrogens (tertiary/aromatic N) is 1. The highest BCUT2D eigenvalue weighted by atomic mass is 32.2. The highest BCUT2D eigenvalue weighted by molar-refractivity contribution is 7.92. The largest absolute Gasteiger partial charge is 0.497 e. The third-order valence-corrected chi connectivity index (χ3v) is 7.32. The number of carbonyl (C=O) groups is 1. The van der Waals surface area contributed by atoms with Crippen LogP contribution in [0.3, 0.4) is 0 Å². The molecule has 0 aliphatic rings. The Labute approximate surface area is 201 Å². The Morgan fingerprint density at radius 2 is 1.68 bits per heavy atom. The van der Waals surface area contributed by atoms with Crippen molar-refractivity contribution in [3.05, 3.63) is 83.4 Å². The van der Waals surface area contributed by atoms with E-state index in [1.807, 2.05) is 39.0 Å². The molecule has 1 N–H and O–H groups in total. The Bertz CT molecular complexity index is 1260. The first kappa shape index (κ1) is 25.1. The first-order valence-electron chi connectivity index (χ1n) is 10.8. The second-order valence-corrected chi connectivity index (χ2v) is 9.87. The topological polar surface area (TPSA) is 84.9 Å². The van der Waals surface area contributed by atoms with Crippen LogP contribution in [0, 0.1) is 13.8 Å². The summed E-state index contributed by atoms with van der Waals surface area (Å²) in [4.78, 5) is 13.2. The molecule has 0 aliphatic heterocycles. The summed E-state index contributed by atoms with van der Waals surface area (Å²) in [5.74, 6) is 0.292. The summed E-state index contributed by atoms with van der Waals surface area (Å²) in [6, 6.07) is 18.5. The Hall–Kier alpha value is -3.52. The fourth-order valence-corrected chi connectivity index (χ4v) is 5.26. The number of methoxy groups -OCH3 is 2. The van der Waals surface area contributed by atoms with Crippen LogP contribution >= 0.6 is 0 Å². The monoisotopic (exact) mass is 482 g/mol. The average Bonchev–Trinajstić information content (AvgIpc) is 2.82. The fraction of sp³-hybridized carbons (Fsp3) is 0.269. The first-order chi connectivity index (χ1) is 16.2. The zero-order chi connectivity index (χ0) is 24.9. The van der Waals surface area contributed by atoms with E-state index in [-0.39, 0.29) is 16.6 Å². The molecule has 7 nitrogen and oxygen atoms in total. The molecule has 3 aromatic carbocycles. The fourth-order valence-electron chi connectivity index (χ4n) is 3.82. The van der Waals surface area contributed by atoms with Gasteiger partial charge in [0.15, 0.2) is 0 Å². The third kappa shape index (κ3) is 5.51. The molecule has 0 heterocycles. The molecule has 0 spiro atoms. The number of aryl methyl sites for hydroxylation is 2. The van der Waals surface area contributed by atoms with Crippen molar-refractivity contribution in [2.75, 3.05) is 25.1 Å². The summed E-state index contributed by atoms with van der Waals surface area (Å²) in [7, 11) is -1.15. The second-order valence-electron chi connectivity index (χ2n) is 8.01. The lowest BCUT2D eigenvalue weighted by Gasteiger charge is -2.27. The van der Waals surface area contributed by atoms with E-state index in [0.29, 0.717) is 11.5 Å². The first-order valence-corrected chi connectivity index (χ1v) is 12.3. The maximum absolute atomic E-state index is 13.6. The minimum atomic E-state index is -4.08. The molecule has 0 aromatic heterocycles. The van der Waals surface area contributed by atoms with Crippen molar-refractivity contribution in [3.8, 4) is 11.5 Å². The summed E-state index contributed by atoms with van der Waals surface area (Å²) in [6.45, 7) is 5.43. The summed E-state index contributed by atoms with van der Waals surface area (Å²) in [6.07, 6.45) is 0. The molecule has 1 amide bonds. The van der Waals surface area contributed by atoms with E-state index in [2.05, 4.69) is 5.32 Å². The van der Waals surface area contributed by atoms with E-state index in [1.54, 1.807) is 36.4 Å². The van der Waals surface area contributed by atoms with E-state index in [4.69, 9.17) is 9.47 Å². The predicted octanol–water partition coefficient (Wildman–Crippen LogP) is 4.39. The molecule has 0 aliphatic carbocycles. The van der Waals surface area contributed by atoms with Crippen molar-refractivity contribution < 1.29 is 22.7 Å². The van der Waals surface area contributed by atoms with Crippen molar-refractivity contribution in [2.24, 2.45) is 0 Å². The second kappa shape index (κ2) is 10.6. The Kier molecular flexibility index (Phi) is 7.83. The molecular weight excluding hydrogens is 452 g/mol. The number of amides is 1. The van der Waals surface area contributed by atoms with Gasteiger partial charge in [-0.2, -0.15) is 0 Å². The lowest BCUT2D eigenvalue weighted by Crippen LogP contribution is -2.41. The van der Waals surface area contributed by atoms with E-state index in [1.165, 1.54) is 26.4 Å². The standard InChI is InChI=1S/C26H30N2O5S/c1-18-11-13-23(19(2)15-18)20(3)27-26(29)17-28(34(30,31)22-9-7-6-8-10-22)24-16-21(32-4)12-14-25(24)33-5/h6-16,20H,17H2,1-5H3,(H,27,29)/t20-/m1/s1. The molecule has 0 saturated carbocycles. The van der Waals surface area contributed by atoms with Gasteiger partial charge in [0.05, 0.1) is 30.8 Å². The molecule has 3 rings (SSSR count). The van der Waals surface area contributed by atoms with Crippen molar-refractivity contribution >= 4 is 21.6 Å². The summed E-state index contributed by atoms with van der Waals surface area (Å²) in [5, 5.41) is 2.93. The van der Waals surface area contributed by atoms with Crippen molar-refractivity contribution in [1.82, 2.24) is 5.32 Å². The molecule has 0 bridgehead atoms. The molecule has 0 radical (unpaired) electrons. The summed E-state index contributed by atoms with van der Waals surface area (Å²) < 4.78 is 39.0. The van der Waals surface area contributed by atoms with Crippen molar-refractivity contribution in [3.63, 3.8) is 0 Å². The van der Waals surface area contributed by atoms with Crippen LogP contribution in [0.15, 0.2) is 71.6 Å². The number of benzene rings is 3. The van der Waals surface area contributed by atoms with Gasteiger partial charge in [-0.3, -0.25) is 9.10 Å². The number of hydrogen-bond acceptors (Lipinski definition) is 5. The summed E-state index contributed by atoms with van der Waals surface area (Å²) in [5.41, 5.74) is 3.36. The minimum Gasteiger partial charge on any atom is -0.497 e. The molecule has 8 heteroatoms. The number of hydrogen-bond donors (Lipinski definition) is 1. The maximum atomic E-state index is 13.6. The van der Waals surface area contributed by atoms with Gasteiger partial charge in [-0.15, -0.1) is 0 Å². The zero-order valence-corrected chi connectivity index (χ0v) is 20.8. The van der Waals surface area contributed by atoms with Gasteiger partial charge in [0, 0.05) is 6.07 Å². The van der Waals surface area contributed by atoms with Crippen LogP contribution in [-0.2, 0) is 14.8 Å². The molecule has 34 heavy (non-hydrogen) atoms.